The molecule has 3 aromatic heterocycles. The molecule has 0 amide bonds. The summed E-state index contributed by atoms with van der Waals surface area (Å²) in [6.45, 7) is 1.56. The normalized spacial score (nSPS) is 14.5. The first-order chi connectivity index (χ1) is 14.0. The van der Waals surface area contributed by atoms with Gasteiger partial charge in [0.05, 0.1) is 12.2 Å². The Kier molecular flexibility index (Phi) is 4.80. The molecule has 0 aliphatic carbocycles. The first kappa shape index (κ1) is 18.7. The maximum absolute atomic E-state index is 14.7. The third-order valence-corrected chi connectivity index (χ3v) is 4.75. The lowest BCUT2D eigenvalue weighted by Crippen LogP contribution is -2.38. The van der Waals surface area contributed by atoms with Crippen LogP contribution in [0.4, 0.5) is 8.78 Å². The van der Waals surface area contributed by atoms with Crippen LogP contribution in [0.3, 0.4) is 0 Å². The number of rotatable bonds is 6. The van der Waals surface area contributed by atoms with Gasteiger partial charge in [-0.3, -0.25) is 0 Å². The van der Waals surface area contributed by atoms with Crippen LogP contribution in [0.25, 0.3) is 5.82 Å². The van der Waals surface area contributed by atoms with E-state index in [2.05, 4.69) is 30.1 Å². The van der Waals surface area contributed by atoms with E-state index in [0.29, 0.717) is 11.5 Å². The van der Waals surface area contributed by atoms with Gasteiger partial charge in [-0.15, -0.1) is 0 Å². The topological polar surface area (TPSA) is 107 Å². The zero-order valence-electron chi connectivity index (χ0n) is 15.3. The number of hydrogen-bond acceptors (Lipinski definition) is 7. The number of aliphatic hydroxyl groups is 1. The van der Waals surface area contributed by atoms with E-state index in [1.165, 1.54) is 47.1 Å². The molecule has 1 N–H and O–H groups in total. The Morgan fingerprint density at radius 3 is 2.52 bits per heavy atom. The van der Waals surface area contributed by atoms with E-state index in [9.17, 15) is 13.9 Å². The van der Waals surface area contributed by atoms with E-state index < -0.39 is 23.2 Å². The molecule has 0 bridgehead atoms. The van der Waals surface area contributed by atoms with Crippen molar-refractivity contribution in [3.8, 4) is 5.82 Å². The van der Waals surface area contributed by atoms with Crippen molar-refractivity contribution in [1.82, 2.24) is 39.5 Å². The quantitative estimate of drug-likeness (QED) is 0.526. The number of benzene rings is 1. The minimum Gasteiger partial charge on any atom is -0.382 e. The monoisotopic (exact) mass is 398 g/mol. The van der Waals surface area contributed by atoms with Gasteiger partial charge in [0.2, 0.25) is 0 Å². The van der Waals surface area contributed by atoms with Gasteiger partial charge in [-0.1, -0.05) is 13.0 Å². The highest BCUT2D eigenvalue weighted by atomic mass is 19.1. The second kappa shape index (κ2) is 7.43. The summed E-state index contributed by atoms with van der Waals surface area (Å²) in [6.07, 6.45) is 6.86. The fourth-order valence-corrected chi connectivity index (χ4v) is 3.15. The van der Waals surface area contributed by atoms with Gasteiger partial charge >= 0.3 is 0 Å². The van der Waals surface area contributed by atoms with E-state index in [1.54, 1.807) is 13.0 Å². The van der Waals surface area contributed by atoms with Crippen molar-refractivity contribution in [2.75, 3.05) is 0 Å². The van der Waals surface area contributed by atoms with E-state index in [-0.39, 0.29) is 12.1 Å². The lowest BCUT2D eigenvalue weighted by atomic mass is 9.79. The number of hydrogen-bond donors (Lipinski definition) is 1. The minimum atomic E-state index is -1.81. The van der Waals surface area contributed by atoms with Gasteiger partial charge in [-0.25, -0.2) is 38.1 Å². The molecule has 0 spiro atoms. The average Bonchev–Trinajstić information content (AvgIpc) is 3.41. The molecule has 0 unspecified atom stereocenters. The maximum atomic E-state index is 14.7. The van der Waals surface area contributed by atoms with Gasteiger partial charge in [0.25, 0.3) is 0 Å². The van der Waals surface area contributed by atoms with E-state index in [1.807, 2.05) is 0 Å². The molecule has 148 valence electrons. The summed E-state index contributed by atoms with van der Waals surface area (Å²) in [4.78, 5) is 16.1. The Bertz CT molecular complexity index is 1100. The van der Waals surface area contributed by atoms with Crippen LogP contribution in [0.5, 0.6) is 0 Å². The SMILES string of the molecule is C[C@H](c1cc(-n2cncn2)ncn1)[C@@](O)(Cn1cncn1)c1ccc(F)cc1F. The fraction of sp³-hybridized carbons (Fsp3) is 0.222. The number of halogens is 2. The lowest BCUT2D eigenvalue weighted by Gasteiger charge is -2.34. The molecule has 0 aliphatic rings. The highest BCUT2D eigenvalue weighted by Crippen LogP contribution is 2.39. The minimum absolute atomic E-state index is 0.0807. The zero-order chi connectivity index (χ0) is 20.4. The molecule has 0 saturated heterocycles. The summed E-state index contributed by atoms with van der Waals surface area (Å²) >= 11 is 0. The average molecular weight is 398 g/mol. The highest BCUT2D eigenvalue weighted by Gasteiger charge is 2.40. The molecule has 4 rings (SSSR count). The highest BCUT2D eigenvalue weighted by molar-refractivity contribution is 5.32. The fourth-order valence-electron chi connectivity index (χ4n) is 3.15. The molecule has 0 radical (unpaired) electrons. The summed E-state index contributed by atoms with van der Waals surface area (Å²) < 4.78 is 30.9. The van der Waals surface area contributed by atoms with Crippen LogP contribution in [0.15, 0.2) is 55.9 Å². The summed E-state index contributed by atoms with van der Waals surface area (Å²) in [5.74, 6) is -1.90. The zero-order valence-corrected chi connectivity index (χ0v) is 15.3. The number of aromatic nitrogens is 8. The largest absolute Gasteiger partial charge is 0.382 e. The van der Waals surface area contributed by atoms with Crippen molar-refractivity contribution in [3.63, 3.8) is 0 Å². The Morgan fingerprint density at radius 2 is 1.83 bits per heavy atom. The van der Waals surface area contributed by atoms with E-state index >= 15 is 0 Å². The van der Waals surface area contributed by atoms with Crippen molar-refractivity contribution < 1.29 is 13.9 Å². The van der Waals surface area contributed by atoms with Crippen molar-refractivity contribution in [3.05, 3.63) is 78.8 Å². The summed E-state index contributed by atoms with van der Waals surface area (Å²) in [5, 5.41) is 19.6. The summed E-state index contributed by atoms with van der Waals surface area (Å²) in [6, 6.07) is 4.66. The Morgan fingerprint density at radius 1 is 1.03 bits per heavy atom. The van der Waals surface area contributed by atoms with Crippen LogP contribution in [0.2, 0.25) is 0 Å². The van der Waals surface area contributed by atoms with Crippen molar-refractivity contribution in [2.24, 2.45) is 0 Å². The Labute approximate surface area is 163 Å². The van der Waals surface area contributed by atoms with Gasteiger partial charge in [0.1, 0.15) is 48.9 Å². The molecule has 29 heavy (non-hydrogen) atoms. The molecular weight excluding hydrogens is 382 g/mol. The van der Waals surface area contributed by atoms with Gasteiger partial charge in [-0.05, 0) is 6.07 Å². The third kappa shape index (κ3) is 3.59. The Hall–Kier alpha value is -3.60. The van der Waals surface area contributed by atoms with Crippen molar-refractivity contribution >= 4 is 0 Å². The van der Waals surface area contributed by atoms with Gasteiger partial charge < -0.3 is 5.11 Å². The molecule has 9 nitrogen and oxygen atoms in total. The van der Waals surface area contributed by atoms with Gasteiger partial charge in [-0.2, -0.15) is 10.2 Å². The van der Waals surface area contributed by atoms with Crippen LogP contribution >= 0.6 is 0 Å². The molecule has 3 heterocycles. The molecule has 4 aromatic rings. The van der Waals surface area contributed by atoms with Crippen LogP contribution in [0, 0.1) is 11.6 Å². The van der Waals surface area contributed by atoms with E-state index in [0.717, 1.165) is 12.1 Å². The van der Waals surface area contributed by atoms with E-state index in [4.69, 9.17) is 0 Å². The van der Waals surface area contributed by atoms with Crippen molar-refractivity contribution in [2.45, 2.75) is 25.0 Å². The van der Waals surface area contributed by atoms with Crippen LogP contribution in [-0.4, -0.2) is 44.6 Å². The van der Waals surface area contributed by atoms with Crippen LogP contribution in [-0.2, 0) is 12.1 Å². The lowest BCUT2D eigenvalue weighted by molar-refractivity contribution is -0.0123. The second-order valence-corrected chi connectivity index (χ2v) is 6.50. The molecule has 11 heteroatoms. The third-order valence-electron chi connectivity index (χ3n) is 4.75. The Balaban J connectivity index is 1.79. The van der Waals surface area contributed by atoms with Gasteiger partial charge in [0, 0.05) is 23.6 Å². The smallest absolute Gasteiger partial charge is 0.158 e. The molecule has 0 fully saturated rings. The summed E-state index contributed by atoms with van der Waals surface area (Å²) in [7, 11) is 0. The maximum Gasteiger partial charge on any atom is 0.158 e. The van der Waals surface area contributed by atoms with Crippen molar-refractivity contribution in [1.29, 1.82) is 0 Å². The second-order valence-electron chi connectivity index (χ2n) is 6.50. The first-order valence-corrected chi connectivity index (χ1v) is 8.64. The molecule has 0 saturated carbocycles. The summed E-state index contributed by atoms with van der Waals surface area (Å²) in [5.41, 5.74) is -1.46. The first-order valence-electron chi connectivity index (χ1n) is 8.64. The molecule has 0 aliphatic heterocycles. The molecular formula is C18H16F2N8O. The predicted octanol–water partition coefficient (Wildman–Crippen LogP) is 1.62. The molecule has 2 atom stereocenters. The predicted molar refractivity (Wildman–Crippen MR) is 95.6 cm³/mol. The van der Waals surface area contributed by atoms with Crippen LogP contribution < -0.4 is 0 Å². The number of nitrogens with zero attached hydrogens (tertiary/aromatic N) is 8. The molecule has 1 aromatic carbocycles. The standard InChI is InChI=1S/C18H16F2N8O/c1-12(16-5-17(24-9-23-16)28-11-22-8-26-28)18(29,6-27-10-21-7-25-27)14-3-2-13(19)4-15(14)20/h2-5,7-12,29H,6H2,1H3/t12-,18+/m1/s1. The van der Waals surface area contributed by atoms with Gasteiger partial charge in [0.15, 0.2) is 5.82 Å². The van der Waals surface area contributed by atoms with Crippen LogP contribution in [0.1, 0.15) is 24.1 Å².